The minimum atomic E-state index is 0.674. The van der Waals surface area contributed by atoms with E-state index in [-0.39, 0.29) is 0 Å². The Bertz CT molecular complexity index is 367. The van der Waals surface area contributed by atoms with Crippen LogP contribution >= 0.6 is 0 Å². The summed E-state index contributed by atoms with van der Waals surface area (Å²) in [5.74, 6) is 0. The Morgan fingerprint density at radius 2 is 2.19 bits per heavy atom. The fourth-order valence-corrected chi connectivity index (χ4v) is 2.83. The number of rotatable bonds is 3. The maximum atomic E-state index is 3.63. The molecule has 1 saturated heterocycles. The number of nitrogens with one attached hydrogen (secondary N) is 2. The summed E-state index contributed by atoms with van der Waals surface area (Å²) in [5, 5.41) is 7.01. The number of fused-ring (bicyclic) bond motifs is 1. The molecule has 0 saturated carbocycles. The first kappa shape index (κ1) is 10.3. The van der Waals surface area contributed by atoms with Gasteiger partial charge in [0.25, 0.3) is 0 Å². The Labute approximate surface area is 97.4 Å². The smallest absolute Gasteiger partial charge is 0.0208 e. The van der Waals surface area contributed by atoms with Crippen molar-refractivity contribution in [3.8, 4) is 0 Å². The van der Waals surface area contributed by atoms with Gasteiger partial charge in [-0.1, -0.05) is 18.2 Å². The third-order valence-electron chi connectivity index (χ3n) is 3.82. The van der Waals surface area contributed by atoms with E-state index in [0.29, 0.717) is 6.04 Å². The summed E-state index contributed by atoms with van der Waals surface area (Å²) in [6.45, 7) is 3.33. The molecule has 0 bridgehead atoms. The first-order valence-electron chi connectivity index (χ1n) is 6.46. The van der Waals surface area contributed by atoms with Crippen molar-refractivity contribution in [2.75, 3.05) is 13.1 Å². The molecule has 3 rings (SSSR count). The largest absolute Gasteiger partial charge is 0.315 e. The highest BCUT2D eigenvalue weighted by Gasteiger charge is 2.14. The van der Waals surface area contributed by atoms with Gasteiger partial charge in [-0.3, -0.25) is 0 Å². The molecule has 1 unspecified atom stereocenters. The zero-order chi connectivity index (χ0) is 10.8. The number of hydrogen-bond donors (Lipinski definition) is 2. The Balaban J connectivity index is 1.61. The second-order valence-corrected chi connectivity index (χ2v) is 5.03. The van der Waals surface area contributed by atoms with Crippen molar-refractivity contribution in [3.63, 3.8) is 0 Å². The topological polar surface area (TPSA) is 24.1 Å². The molecule has 1 aliphatic carbocycles. The van der Waals surface area contributed by atoms with Crippen molar-refractivity contribution >= 4 is 0 Å². The summed E-state index contributed by atoms with van der Waals surface area (Å²) in [5.41, 5.74) is 4.61. The van der Waals surface area contributed by atoms with E-state index < -0.39 is 0 Å². The summed E-state index contributed by atoms with van der Waals surface area (Å²) >= 11 is 0. The Morgan fingerprint density at radius 3 is 3.06 bits per heavy atom. The van der Waals surface area contributed by atoms with Gasteiger partial charge in [-0.05, 0) is 48.9 Å². The van der Waals surface area contributed by atoms with Crippen LogP contribution < -0.4 is 10.6 Å². The highest BCUT2D eigenvalue weighted by molar-refractivity contribution is 5.35. The van der Waals surface area contributed by atoms with Gasteiger partial charge in [0.1, 0.15) is 0 Å². The van der Waals surface area contributed by atoms with Crippen LogP contribution in [0.25, 0.3) is 0 Å². The molecule has 2 N–H and O–H groups in total. The van der Waals surface area contributed by atoms with Crippen LogP contribution in [0.15, 0.2) is 18.2 Å². The third kappa shape index (κ3) is 2.13. The maximum Gasteiger partial charge on any atom is 0.0208 e. The number of benzene rings is 1. The molecule has 0 amide bonds. The number of hydrogen-bond acceptors (Lipinski definition) is 2. The molecule has 1 fully saturated rings. The average molecular weight is 216 g/mol. The molecule has 2 nitrogen and oxygen atoms in total. The molecule has 0 aromatic heterocycles. The van der Waals surface area contributed by atoms with Crippen LogP contribution in [0.5, 0.6) is 0 Å². The van der Waals surface area contributed by atoms with Gasteiger partial charge < -0.3 is 10.6 Å². The fourth-order valence-electron chi connectivity index (χ4n) is 2.83. The summed E-state index contributed by atoms with van der Waals surface area (Å²) in [7, 11) is 0. The van der Waals surface area contributed by atoms with Crippen LogP contribution in [0, 0.1) is 0 Å². The average Bonchev–Trinajstić information content (AvgIpc) is 2.97. The van der Waals surface area contributed by atoms with Gasteiger partial charge in [-0.25, -0.2) is 0 Å². The van der Waals surface area contributed by atoms with Gasteiger partial charge in [0.15, 0.2) is 0 Å². The van der Waals surface area contributed by atoms with Crippen LogP contribution in [-0.4, -0.2) is 19.1 Å². The van der Waals surface area contributed by atoms with Crippen molar-refractivity contribution in [2.45, 2.75) is 38.3 Å². The first-order chi connectivity index (χ1) is 7.92. The molecule has 2 heteroatoms. The van der Waals surface area contributed by atoms with Crippen LogP contribution in [0.3, 0.4) is 0 Å². The Hall–Kier alpha value is -0.860. The second-order valence-electron chi connectivity index (χ2n) is 5.03. The van der Waals surface area contributed by atoms with E-state index >= 15 is 0 Å². The van der Waals surface area contributed by atoms with Crippen molar-refractivity contribution in [1.82, 2.24) is 10.6 Å². The van der Waals surface area contributed by atoms with Gasteiger partial charge in [-0.2, -0.15) is 0 Å². The lowest BCUT2D eigenvalue weighted by Crippen LogP contribution is -2.30. The van der Waals surface area contributed by atoms with Crippen molar-refractivity contribution in [1.29, 1.82) is 0 Å². The summed E-state index contributed by atoms with van der Waals surface area (Å²) in [6, 6.07) is 7.69. The molecule has 16 heavy (non-hydrogen) atoms. The van der Waals surface area contributed by atoms with Crippen LogP contribution in [-0.2, 0) is 19.4 Å². The predicted molar refractivity (Wildman–Crippen MR) is 66.6 cm³/mol. The van der Waals surface area contributed by atoms with Crippen molar-refractivity contribution in [2.24, 2.45) is 0 Å². The monoisotopic (exact) mass is 216 g/mol. The molecule has 1 heterocycles. The van der Waals surface area contributed by atoms with Crippen molar-refractivity contribution in [3.05, 3.63) is 34.9 Å². The molecule has 1 aromatic rings. The van der Waals surface area contributed by atoms with Crippen LogP contribution in [0.1, 0.15) is 29.5 Å². The highest BCUT2D eigenvalue weighted by Crippen LogP contribution is 2.22. The highest BCUT2D eigenvalue weighted by atomic mass is 15.0. The zero-order valence-corrected chi connectivity index (χ0v) is 9.76. The minimum Gasteiger partial charge on any atom is -0.315 e. The van der Waals surface area contributed by atoms with E-state index in [4.69, 9.17) is 0 Å². The zero-order valence-electron chi connectivity index (χ0n) is 9.76. The molecular formula is C14H20N2. The fraction of sp³-hybridized carbons (Fsp3) is 0.571. The second kappa shape index (κ2) is 4.56. The molecule has 2 aliphatic rings. The molecule has 0 spiro atoms. The first-order valence-corrected chi connectivity index (χ1v) is 6.46. The summed E-state index contributed by atoms with van der Waals surface area (Å²) in [4.78, 5) is 0. The van der Waals surface area contributed by atoms with Crippen LogP contribution in [0.4, 0.5) is 0 Å². The van der Waals surface area contributed by atoms with E-state index in [1.165, 1.54) is 37.8 Å². The Kier molecular flexibility index (Phi) is 2.94. The molecular weight excluding hydrogens is 196 g/mol. The maximum absolute atomic E-state index is 3.63. The van der Waals surface area contributed by atoms with Gasteiger partial charge in [0.2, 0.25) is 0 Å². The van der Waals surface area contributed by atoms with Gasteiger partial charge in [0, 0.05) is 19.1 Å². The van der Waals surface area contributed by atoms with Gasteiger partial charge >= 0.3 is 0 Å². The van der Waals surface area contributed by atoms with E-state index in [9.17, 15) is 0 Å². The Morgan fingerprint density at radius 1 is 1.25 bits per heavy atom. The predicted octanol–water partition coefficient (Wildman–Crippen LogP) is 1.63. The van der Waals surface area contributed by atoms with Gasteiger partial charge in [-0.15, -0.1) is 0 Å². The molecule has 86 valence electrons. The summed E-state index contributed by atoms with van der Waals surface area (Å²) < 4.78 is 0. The molecule has 1 aliphatic heterocycles. The lowest BCUT2D eigenvalue weighted by Gasteiger charge is -2.12. The standard InChI is InChI=1S/C14H20N2/c1-2-12-5-4-11(8-13(12)3-1)9-16-14-6-7-15-10-14/h4-5,8,14-16H,1-3,6-7,9-10H2. The third-order valence-corrected chi connectivity index (χ3v) is 3.82. The molecule has 1 aromatic carbocycles. The van der Waals surface area contributed by atoms with Crippen LogP contribution in [0.2, 0.25) is 0 Å². The lowest BCUT2D eigenvalue weighted by molar-refractivity contribution is 0.547. The summed E-state index contributed by atoms with van der Waals surface area (Å²) in [6.07, 6.45) is 5.19. The van der Waals surface area contributed by atoms with E-state index in [1.807, 2.05) is 0 Å². The number of aryl methyl sites for hydroxylation is 2. The minimum absolute atomic E-state index is 0.674. The quantitative estimate of drug-likeness (QED) is 0.802. The van der Waals surface area contributed by atoms with E-state index in [1.54, 1.807) is 11.1 Å². The lowest BCUT2D eigenvalue weighted by atomic mass is 10.1. The van der Waals surface area contributed by atoms with Gasteiger partial charge in [0.05, 0.1) is 0 Å². The SMILES string of the molecule is c1cc2c(cc1CNC1CCNC1)CCC2. The van der Waals surface area contributed by atoms with Crippen molar-refractivity contribution < 1.29 is 0 Å². The van der Waals surface area contributed by atoms with E-state index in [2.05, 4.69) is 28.8 Å². The normalized spacial score (nSPS) is 23.6. The molecule has 0 radical (unpaired) electrons. The molecule has 1 atom stereocenters. The van der Waals surface area contributed by atoms with E-state index in [0.717, 1.165) is 13.1 Å².